The molecule has 23 heavy (non-hydrogen) atoms. The first kappa shape index (κ1) is 15.2. The number of carbonyl (C=O) groups excluding carboxylic acids is 1. The van der Waals surface area contributed by atoms with E-state index in [1.54, 1.807) is 24.1 Å². The van der Waals surface area contributed by atoms with E-state index < -0.39 is 0 Å². The fraction of sp³-hybridized carbons (Fsp3) is 0.312. The molecule has 0 bridgehead atoms. The number of aliphatic imine (C=N–C) groups is 1. The predicted octanol–water partition coefficient (Wildman–Crippen LogP) is 2.28. The second-order valence-electron chi connectivity index (χ2n) is 5.49. The fourth-order valence-corrected chi connectivity index (χ4v) is 2.68. The first-order valence-electron chi connectivity index (χ1n) is 7.21. The highest BCUT2D eigenvalue weighted by Crippen LogP contribution is 2.32. The summed E-state index contributed by atoms with van der Waals surface area (Å²) in [7, 11) is 1.36. The SMILES string of the molecule is COC(=O)C1CN2N=CN=C(Nc3ccc(C)c(F)c3)C2=C1C. The molecule has 7 heteroatoms. The first-order chi connectivity index (χ1) is 11.0. The predicted molar refractivity (Wildman–Crippen MR) is 85.6 cm³/mol. The summed E-state index contributed by atoms with van der Waals surface area (Å²) in [6, 6.07) is 4.89. The average molecular weight is 316 g/mol. The van der Waals surface area contributed by atoms with Crippen molar-refractivity contribution in [2.24, 2.45) is 16.0 Å². The fourth-order valence-electron chi connectivity index (χ4n) is 2.68. The summed E-state index contributed by atoms with van der Waals surface area (Å²) >= 11 is 0. The minimum Gasteiger partial charge on any atom is -0.469 e. The number of aryl methyl sites for hydroxylation is 1. The third-order valence-corrected chi connectivity index (χ3v) is 4.03. The van der Waals surface area contributed by atoms with Gasteiger partial charge in [-0.3, -0.25) is 9.80 Å². The molecule has 1 aromatic rings. The van der Waals surface area contributed by atoms with Crippen LogP contribution in [0.5, 0.6) is 0 Å². The van der Waals surface area contributed by atoms with E-state index in [1.165, 1.54) is 19.5 Å². The number of fused-ring (bicyclic) bond motifs is 1. The van der Waals surface area contributed by atoms with E-state index in [9.17, 15) is 9.18 Å². The number of methoxy groups -OCH3 is 1. The van der Waals surface area contributed by atoms with Crippen LogP contribution in [0.25, 0.3) is 0 Å². The molecule has 0 amide bonds. The van der Waals surface area contributed by atoms with Gasteiger partial charge in [0.15, 0.2) is 5.84 Å². The van der Waals surface area contributed by atoms with Crippen molar-refractivity contribution in [1.82, 2.24) is 5.01 Å². The van der Waals surface area contributed by atoms with Gasteiger partial charge >= 0.3 is 5.97 Å². The van der Waals surface area contributed by atoms with Gasteiger partial charge in [-0.2, -0.15) is 5.10 Å². The Balaban J connectivity index is 1.91. The van der Waals surface area contributed by atoms with Crippen LogP contribution in [0.4, 0.5) is 10.1 Å². The maximum Gasteiger partial charge on any atom is 0.314 e. The number of nitrogens with zero attached hydrogens (tertiary/aromatic N) is 3. The van der Waals surface area contributed by atoms with Crippen LogP contribution in [0.3, 0.4) is 0 Å². The Hall–Kier alpha value is -2.70. The van der Waals surface area contributed by atoms with Crippen LogP contribution in [-0.4, -0.2) is 36.8 Å². The number of esters is 1. The Morgan fingerprint density at radius 2 is 2.22 bits per heavy atom. The van der Waals surface area contributed by atoms with Crippen molar-refractivity contribution in [3.8, 4) is 0 Å². The van der Waals surface area contributed by atoms with Crippen molar-refractivity contribution in [3.63, 3.8) is 0 Å². The summed E-state index contributed by atoms with van der Waals surface area (Å²) in [5, 5.41) is 8.97. The normalized spacial score (nSPS) is 19.6. The van der Waals surface area contributed by atoms with Gasteiger partial charge in [-0.25, -0.2) is 9.38 Å². The molecule has 1 N–H and O–H groups in total. The highest BCUT2D eigenvalue weighted by atomic mass is 19.1. The Morgan fingerprint density at radius 3 is 2.91 bits per heavy atom. The van der Waals surface area contributed by atoms with Gasteiger partial charge < -0.3 is 10.1 Å². The van der Waals surface area contributed by atoms with Crippen LogP contribution < -0.4 is 5.32 Å². The smallest absolute Gasteiger partial charge is 0.314 e. The van der Waals surface area contributed by atoms with E-state index in [4.69, 9.17) is 4.74 Å². The minimum absolute atomic E-state index is 0.290. The number of hydrogen-bond donors (Lipinski definition) is 1. The molecule has 2 aliphatic rings. The highest BCUT2D eigenvalue weighted by Gasteiger charge is 2.37. The van der Waals surface area contributed by atoms with Gasteiger partial charge in [0.2, 0.25) is 0 Å². The molecule has 1 aromatic carbocycles. The van der Waals surface area contributed by atoms with E-state index in [2.05, 4.69) is 15.4 Å². The standard InChI is InChI=1S/C16H17FN4O2/c1-9-4-5-11(6-13(9)17)20-15-14-10(2)12(16(22)23-3)7-21(14)19-8-18-15/h4-6,8,12H,7H2,1-3H3,(H,18,19,20). The number of hydrazone groups is 1. The maximum atomic E-state index is 13.7. The van der Waals surface area contributed by atoms with Gasteiger partial charge in [0.25, 0.3) is 0 Å². The minimum atomic E-state index is -0.382. The molecule has 3 rings (SSSR count). The van der Waals surface area contributed by atoms with Gasteiger partial charge in [-0.05, 0) is 37.1 Å². The summed E-state index contributed by atoms with van der Waals surface area (Å²) in [6.45, 7) is 3.97. The molecule has 0 aromatic heterocycles. The zero-order valence-corrected chi connectivity index (χ0v) is 13.1. The lowest BCUT2D eigenvalue weighted by Crippen LogP contribution is -2.29. The number of ether oxygens (including phenoxy) is 1. The van der Waals surface area contributed by atoms with Crippen molar-refractivity contribution < 1.29 is 13.9 Å². The second kappa shape index (κ2) is 5.83. The molecule has 0 saturated carbocycles. The van der Waals surface area contributed by atoms with Crippen LogP contribution in [0.2, 0.25) is 0 Å². The van der Waals surface area contributed by atoms with Crippen LogP contribution in [0, 0.1) is 18.7 Å². The maximum absolute atomic E-state index is 13.7. The molecule has 6 nitrogen and oxygen atoms in total. The molecule has 0 saturated heterocycles. The summed E-state index contributed by atoms with van der Waals surface area (Å²) in [6.07, 6.45) is 1.41. The van der Waals surface area contributed by atoms with E-state index in [1.807, 2.05) is 6.92 Å². The van der Waals surface area contributed by atoms with Gasteiger partial charge in [-0.15, -0.1) is 0 Å². The molecule has 0 spiro atoms. The Bertz CT molecular complexity index is 754. The molecule has 2 heterocycles. The van der Waals surface area contributed by atoms with Crippen LogP contribution in [0.1, 0.15) is 12.5 Å². The summed E-state index contributed by atoms with van der Waals surface area (Å²) in [4.78, 5) is 16.1. The zero-order valence-electron chi connectivity index (χ0n) is 13.1. The molecule has 1 unspecified atom stereocenters. The Labute approximate surface area is 133 Å². The van der Waals surface area contributed by atoms with Crippen molar-refractivity contribution in [1.29, 1.82) is 0 Å². The molecule has 0 fully saturated rings. The zero-order chi connectivity index (χ0) is 16.6. The molecule has 0 radical (unpaired) electrons. The van der Waals surface area contributed by atoms with Crippen molar-refractivity contribution in [2.75, 3.05) is 19.0 Å². The van der Waals surface area contributed by atoms with Crippen LogP contribution >= 0.6 is 0 Å². The van der Waals surface area contributed by atoms with Crippen LogP contribution in [0.15, 0.2) is 39.6 Å². The topological polar surface area (TPSA) is 66.3 Å². The van der Waals surface area contributed by atoms with Gasteiger partial charge in [0, 0.05) is 5.69 Å². The second-order valence-corrected chi connectivity index (χ2v) is 5.49. The molecular weight excluding hydrogens is 299 g/mol. The van der Waals surface area contributed by atoms with E-state index in [0.29, 0.717) is 23.6 Å². The summed E-state index contributed by atoms with van der Waals surface area (Å²) in [5.41, 5.74) is 2.71. The van der Waals surface area contributed by atoms with Crippen molar-refractivity contribution in [3.05, 3.63) is 40.8 Å². The lowest BCUT2D eigenvalue weighted by Gasteiger charge is -2.21. The monoisotopic (exact) mass is 316 g/mol. The quantitative estimate of drug-likeness (QED) is 0.850. The molecular formula is C16H17FN4O2. The molecule has 0 aliphatic carbocycles. The number of nitrogens with one attached hydrogen (secondary N) is 1. The molecule has 120 valence electrons. The van der Waals surface area contributed by atoms with Crippen molar-refractivity contribution in [2.45, 2.75) is 13.8 Å². The van der Waals surface area contributed by atoms with E-state index in [0.717, 1.165) is 11.3 Å². The summed E-state index contributed by atoms with van der Waals surface area (Å²) < 4.78 is 18.5. The van der Waals surface area contributed by atoms with E-state index in [-0.39, 0.29) is 17.7 Å². The summed E-state index contributed by atoms with van der Waals surface area (Å²) in [5.74, 6) is -0.444. The molecule has 2 aliphatic heterocycles. The van der Waals surface area contributed by atoms with Gasteiger partial charge in [0.05, 0.1) is 19.6 Å². The number of anilines is 1. The largest absolute Gasteiger partial charge is 0.469 e. The number of rotatable bonds is 2. The Morgan fingerprint density at radius 1 is 1.43 bits per heavy atom. The first-order valence-corrected chi connectivity index (χ1v) is 7.21. The average Bonchev–Trinajstić information content (AvgIpc) is 2.88. The highest BCUT2D eigenvalue weighted by molar-refractivity contribution is 6.12. The van der Waals surface area contributed by atoms with Gasteiger partial charge in [0.1, 0.15) is 17.9 Å². The number of amidine groups is 1. The number of halogens is 1. The van der Waals surface area contributed by atoms with Crippen LogP contribution in [-0.2, 0) is 9.53 Å². The number of carbonyl (C=O) groups is 1. The number of benzene rings is 1. The lowest BCUT2D eigenvalue weighted by molar-refractivity contribution is -0.144. The van der Waals surface area contributed by atoms with E-state index >= 15 is 0 Å². The Kier molecular flexibility index (Phi) is 3.85. The number of hydrogen-bond acceptors (Lipinski definition) is 6. The van der Waals surface area contributed by atoms with Crippen molar-refractivity contribution >= 4 is 23.8 Å². The third kappa shape index (κ3) is 2.69. The lowest BCUT2D eigenvalue weighted by atomic mass is 10.0. The van der Waals surface area contributed by atoms with Gasteiger partial charge in [-0.1, -0.05) is 6.07 Å². The third-order valence-electron chi connectivity index (χ3n) is 4.03. The molecule has 1 atom stereocenters.